The van der Waals surface area contributed by atoms with E-state index in [0.717, 1.165) is 5.69 Å². The molecule has 0 radical (unpaired) electrons. The largest absolute Gasteiger partial charge is 0.508 e. The van der Waals surface area contributed by atoms with E-state index in [0.29, 0.717) is 11.5 Å². The molecular weight excluding hydrogens is 256 g/mol. The third kappa shape index (κ3) is 3.03. The van der Waals surface area contributed by atoms with Crippen molar-refractivity contribution in [3.63, 3.8) is 0 Å². The lowest BCUT2D eigenvalue weighted by molar-refractivity contribution is -0.875. The van der Waals surface area contributed by atoms with Crippen LogP contribution in [0.25, 0.3) is 0 Å². The molecule has 6 heteroatoms. The third-order valence-corrected chi connectivity index (χ3v) is 2.70. The van der Waals surface area contributed by atoms with Gasteiger partial charge >= 0.3 is 5.82 Å². The summed E-state index contributed by atoms with van der Waals surface area (Å²) in [5.74, 6) is 0.770. The number of phenols is 1. The fourth-order valence-electron chi connectivity index (χ4n) is 1.71. The molecule has 0 fully saturated rings. The van der Waals surface area contributed by atoms with Crippen molar-refractivity contribution in [3.05, 3.63) is 42.6 Å². The number of phenolic OH excluding ortho intramolecular Hbond substituents is 1. The number of azo groups is 1. The molecule has 0 bridgehead atoms. The Balaban J connectivity index is 2.36. The van der Waals surface area contributed by atoms with Gasteiger partial charge in [-0.2, -0.15) is 0 Å². The number of aromatic nitrogens is 1. The first-order chi connectivity index (χ1) is 9.61. The van der Waals surface area contributed by atoms with Gasteiger partial charge in [-0.3, -0.25) is 0 Å². The van der Waals surface area contributed by atoms with E-state index < -0.39 is 0 Å². The maximum atomic E-state index is 9.53. The van der Waals surface area contributed by atoms with E-state index in [1.165, 1.54) is 4.73 Å². The highest BCUT2D eigenvalue weighted by Crippen LogP contribution is 2.31. The second-order valence-corrected chi connectivity index (χ2v) is 4.33. The Bertz CT molecular complexity index is 626. The fraction of sp³-hybridized carbons (Fsp3) is 0.214. The first-order valence-corrected chi connectivity index (χ1v) is 6.09. The number of anilines is 1. The number of aromatic hydroxyl groups is 1. The van der Waals surface area contributed by atoms with Crippen LogP contribution in [-0.4, -0.2) is 26.3 Å². The van der Waals surface area contributed by atoms with Gasteiger partial charge in [0.25, 0.3) is 0 Å². The lowest BCUT2D eigenvalue weighted by Gasteiger charge is -2.13. The van der Waals surface area contributed by atoms with E-state index in [1.54, 1.807) is 37.6 Å². The molecular formula is C14H17N4O2+. The predicted octanol–water partition coefficient (Wildman–Crippen LogP) is 2.22. The summed E-state index contributed by atoms with van der Waals surface area (Å²) in [6, 6.07) is 10.4. The second-order valence-electron chi connectivity index (χ2n) is 4.33. The maximum absolute atomic E-state index is 9.53. The van der Waals surface area contributed by atoms with Crippen molar-refractivity contribution < 1.29 is 14.7 Å². The Labute approximate surface area is 117 Å². The molecule has 1 N–H and O–H groups in total. The van der Waals surface area contributed by atoms with Gasteiger partial charge in [0.2, 0.25) is 0 Å². The Hall–Kier alpha value is -2.63. The number of rotatable bonds is 4. The first-order valence-electron chi connectivity index (χ1n) is 6.09. The Morgan fingerprint density at radius 2 is 1.95 bits per heavy atom. The van der Waals surface area contributed by atoms with Crippen LogP contribution in [0.1, 0.15) is 0 Å². The van der Waals surface area contributed by atoms with Gasteiger partial charge in [0, 0.05) is 26.2 Å². The lowest BCUT2D eigenvalue weighted by Crippen LogP contribution is -2.39. The van der Waals surface area contributed by atoms with Gasteiger partial charge in [0.15, 0.2) is 0 Å². The summed E-state index contributed by atoms with van der Waals surface area (Å²) in [6.45, 7) is 0. The maximum Gasteiger partial charge on any atom is 0.388 e. The van der Waals surface area contributed by atoms with Crippen LogP contribution in [0.5, 0.6) is 5.75 Å². The number of hydrogen-bond acceptors (Lipinski definition) is 5. The van der Waals surface area contributed by atoms with Crippen molar-refractivity contribution in [1.82, 2.24) is 0 Å². The Kier molecular flexibility index (Phi) is 4.14. The summed E-state index contributed by atoms with van der Waals surface area (Å²) in [5, 5.41) is 17.9. The average Bonchev–Trinajstić information content (AvgIpc) is 2.46. The smallest absolute Gasteiger partial charge is 0.388 e. The van der Waals surface area contributed by atoms with Crippen molar-refractivity contribution >= 4 is 17.2 Å². The molecule has 0 saturated heterocycles. The van der Waals surface area contributed by atoms with Crippen LogP contribution in [0.15, 0.2) is 52.8 Å². The van der Waals surface area contributed by atoms with Gasteiger partial charge in [0.05, 0.1) is 10.8 Å². The van der Waals surface area contributed by atoms with Crippen LogP contribution in [0.3, 0.4) is 0 Å². The summed E-state index contributed by atoms with van der Waals surface area (Å²) in [7, 11) is 5.32. The summed E-state index contributed by atoms with van der Waals surface area (Å²) in [4.78, 5) is 7.01. The third-order valence-electron chi connectivity index (χ3n) is 2.70. The van der Waals surface area contributed by atoms with Crippen LogP contribution in [-0.2, 0) is 0 Å². The highest BCUT2D eigenvalue weighted by atomic mass is 16.6. The van der Waals surface area contributed by atoms with Crippen molar-refractivity contribution in [2.45, 2.75) is 0 Å². The molecule has 2 aromatic rings. The summed E-state index contributed by atoms with van der Waals surface area (Å²) in [6.07, 6.45) is 1.75. The van der Waals surface area contributed by atoms with Crippen LogP contribution in [0.2, 0.25) is 0 Å². The minimum atomic E-state index is 0.194. The van der Waals surface area contributed by atoms with Crippen LogP contribution >= 0.6 is 0 Å². The highest BCUT2D eigenvalue weighted by molar-refractivity contribution is 5.68. The van der Waals surface area contributed by atoms with Gasteiger partial charge in [-0.1, -0.05) is 0 Å². The Morgan fingerprint density at radius 3 is 2.65 bits per heavy atom. The SMILES string of the molecule is CO[n+]1ccccc1N=Nc1ccc(O)cc1N(C)C. The molecule has 0 aliphatic rings. The van der Waals surface area contributed by atoms with E-state index in [1.807, 2.05) is 31.1 Å². The second kappa shape index (κ2) is 6.01. The molecule has 0 unspecified atom stereocenters. The van der Waals surface area contributed by atoms with Crippen molar-refractivity contribution in [3.8, 4) is 5.75 Å². The van der Waals surface area contributed by atoms with Gasteiger partial charge in [0.1, 0.15) is 24.7 Å². The molecule has 20 heavy (non-hydrogen) atoms. The number of nitrogens with zero attached hydrogens (tertiary/aromatic N) is 4. The predicted molar refractivity (Wildman–Crippen MR) is 75.8 cm³/mol. The molecule has 2 rings (SSSR count). The summed E-state index contributed by atoms with van der Waals surface area (Å²) in [5.41, 5.74) is 1.45. The standard InChI is InChI=1S/C14H16N4O2/c1-17(2)13-10-11(19)7-8-12(13)15-16-14-6-4-5-9-18(14)20-3/h4-10H,1-3H3/p+1. The fourth-order valence-corrected chi connectivity index (χ4v) is 1.71. The van der Waals surface area contributed by atoms with E-state index in [-0.39, 0.29) is 5.75 Å². The zero-order chi connectivity index (χ0) is 14.5. The van der Waals surface area contributed by atoms with Gasteiger partial charge in [-0.05, 0) is 34.1 Å². The van der Waals surface area contributed by atoms with Crippen LogP contribution in [0.4, 0.5) is 17.2 Å². The average molecular weight is 273 g/mol. The molecule has 0 aliphatic heterocycles. The first kappa shape index (κ1) is 13.8. The molecule has 0 atom stereocenters. The molecule has 6 nitrogen and oxygen atoms in total. The highest BCUT2D eigenvalue weighted by Gasteiger charge is 2.11. The molecule has 1 aromatic heterocycles. The molecule has 1 aromatic carbocycles. The minimum absolute atomic E-state index is 0.194. The van der Waals surface area contributed by atoms with E-state index in [4.69, 9.17) is 4.84 Å². The van der Waals surface area contributed by atoms with Gasteiger partial charge in [-0.15, -0.1) is 0 Å². The quantitative estimate of drug-likeness (QED) is 0.686. The van der Waals surface area contributed by atoms with Crippen molar-refractivity contribution in [2.75, 3.05) is 26.1 Å². The zero-order valence-corrected chi connectivity index (χ0v) is 11.7. The van der Waals surface area contributed by atoms with Crippen LogP contribution < -0.4 is 14.5 Å². The Morgan fingerprint density at radius 1 is 1.15 bits per heavy atom. The number of hydrogen-bond donors (Lipinski definition) is 1. The molecule has 0 aliphatic carbocycles. The van der Waals surface area contributed by atoms with E-state index in [2.05, 4.69) is 10.2 Å². The number of pyridine rings is 1. The van der Waals surface area contributed by atoms with E-state index >= 15 is 0 Å². The minimum Gasteiger partial charge on any atom is -0.508 e. The van der Waals surface area contributed by atoms with Crippen molar-refractivity contribution in [2.24, 2.45) is 10.2 Å². The molecule has 104 valence electrons. The number of benzene rings is 1. The summed E-state index contributed by atoms with van der Waals surface area (Å²) < 4.78 is 1.51. The monoisotopic (exact) mass is 273 g/mol. The van der Waals surface area contributed by atoms with Crippen molar-refractivity contribution in [1.29, 1.82) is 0 Å². The van der Waals surface area contributed by atoms with E-state index in [9.17, 15) is 5.11 Å². The van der Waals surface area contributed by atoms with Gasteiger partial charge in [-0.25, -0.2) is 0 Å². The lowest BCUT2D eigenvalue weighted by atomic mass is 10.2. The molecule has 0 amide bonds. The zero-order valence-electron chi connectivity index (χ0n) is 11.7. The molecule has 1 heterocycles. The normalized spacial score (nSPS) is 10.8. The molecule has 0 saturated carbocycles. The van der Waals surface area contributed by atoms with Gasteiger partial charge < -0.3 is 14.8 Å². The molecule has 0 spiro atoms. The summed E-state index contributed by atoms with van der Waals surface area (Å²) >= 11 is 0. The topological polar surface area (TPSA) is 61.3 Å². The van der Waals surface area contributed by atoms with Crippen LogP contribution in [0, 0.1) is 0 Å².